The number of non-ortho nitro benzene ring substituents is 1. The van der Waals surface area contributed by atoms with E-state index in [1.54, 1.807) is 6.07 Å². The maximum absolute atomic E-state index is 12.3. The number of phenolic OH excluding ortho intramolecular Hbond substituents is 1. The molecule has 3 aromatic rings. The number of nitro groups is 2. The fourth-order valence-electron chi connectivity index (χ4n) is 2.35. The topological polar surface area (TPSA) is 163 Å². The number of benzene rings is 2. The minimum Gasteiger partial charge on any atom is -0.506 e. The van der Waals surface area contributed by atoms with Crippen LogP contribution in [0.3, 0.4) is 0 Å². The highest BCUT2D eigenvalue weighted by molar-refractivity contribution is 6.03. The second-order valence-corrected chi connectivity index (χ2v) is 5.65. The van der Waals surface area contributed by atoms with Crippen LogP contribution < -0.4 is 10.1 Å². The first kappa shape index (κ1) is 19.3. The van der Waals surface area contributed by atoms with Crippen LogP contribution in [0.15, 0.2) is 54.7 Å². The summed E-state index contributed by atoms with van der Waals surface area (Å²) in [6, 6.07) is 10.4. The average Bonchev–Trinajstić information content (AvgIpc) is 3.17. The quantitative estimate of drug-likeness (QED) is 0.348. The van der Waals surface area contributed by atoms with Crippen molar-refractivity contribution in [2.45, 2.75) is 6.73 Å². The SMILES string of the molecule is O=C(Nc1ccc([N+](=O)[O-])cc1O)c1ccn(COc2ccccc2[N+](=O)[O-])n1. The molecule has 0 spiro atoms. The Morgan fingerprint density at radius 3 is 2.59 bits per heavy atom. The van der Waals surface area contributed by atoms with Crippen molar-refractivity contribution in [2.24, 2.45) is 0 Å². The lowest BCUT2D eigenvalue weighted by Gasteiger charge is -2.07. The lowest BCUT2D eigenvalue weighted by molar-refractivity contribution is -0.386. The van der Waals surface area contributed by atoms with Gasteiger partial charge >= 0.3 is 5.69 Å². The van der Waals surface area contributed by atoms with Gasteiger partial charge in [0, 0.05) is 18.3 Å². The summed E-state index contributed by atoms with van der Waals surface area (Å²) in [6.07, 6.45) is 1.43. The van der Waals surface area contributed by atoms with Crippen molar-refractivity contribution in [3.05, 3.63) is 80.7 Å². The molecule has 0 fully saturated rings. The molecule has 0 radical (unpaired) electrons. The maximum Gasteiger partial charge on any atom is 0.311 e. The Balaban J connectivity index is 1.66. The van der Waals surface area contributed by atoms with E-state index in [2.05, 4.69) is 10.4 Å². The van der Waals surface area contributed by atoms with Gasteiger partial charge < -0.3 is 15.2 Å². The van der Waals surface area contributed by atoms with Gasteiger partial charge in [-0.25, -0.2) is 4.68 Å². The highest BCUT2D eigenvalue weighted by atomic mass is 16.6. The number of para-hydroxylation sites is 2. The van der Waals surface area contributed by atoms with Crippen LogP contribution in [0.25, 0.3) is 0 Å². The predicted molar refractivity (Wildman–Crippen MR) is 98.7 cm³/mol. The van der Waals surface area contributed by atoms with Gasteiger partial charge in [0.05, 0.1) is 21.6 Å². The van der Waals surface area contributed by atoms with E-state index < -0.39 is 21.5 Å². The Bertz CT molecular complexity index is 1100. The molecule has 0 aliphatic carbocycles. The number of aromatic hydroxyl groups is 1. The second-order valence-electron chi connectivity index (χ2n) is 5.65. The van der Waals surface area contributed by atoms with E-state index in [4.69, 9.17) is 4.74 Å². The number of nitrogens with zero attached hydrogens (tertiary/aromatic N) is 4. The smallest absolute Gasteiger partial charge is 0.311 e. The van der Waals surface area contributed by atoms with Crippen molar-refractivity contribution < 1.29 is 24.5 Å². The van der Waals surface area contributed by atoms with E-state index in [0.29, 0.717) is 0 Å². The summed E-state index contributed by atoms with van der Waals surface area (Å²) in [7, 11) is 0. The van der Waals surface area contributed by atoms with Crippen molar-refractivity contribution >= 4 is 23.0 Å². The van der Waals surface area contributed by atoms with E-state index in [1.165, 1.54) is 41.2 Å². The molecule has 0 unspecified atom stereocenters. The van der Waals surface area contributed by atoms with E-state index in [9.17, 15) is 30.1 Å². The van der Waals surface area contributed by atoms with Crippen LogP contribution >= 0.6 is 0 Å². The molecule has 0 saturated heterocycles. The Hall–Kier alpha value is -4.48. The Morgan fingerprint density at radius 1 is 1.14 bits per heavy atom. The third-order valence-electron chi connectivity index (χ3n) is 3.73. The molecule has 2 N–H and O–H groups in total. The van der Waals surface area contributed by atoms with Crippen LogP contribution in [0.4, 0.5) is 17.1 Å². The summed E-state index contributed by atoms with van der Waals surface area (Å²) in [5.41, 5.74) is -0.566. The van der Waals surface area contributed by atoms with Crippen molar-refractivity contribution in [3.8, 4) is 11.5 Å². The van der Waals surface area contributed by atoms with E-state index in [1.807, 2.05) is 0 Å². The van der Waals surface area contributed by atoms with Gasteiger partial charge in [0.2, 0.25) is 0 Å². The summed E-state index contributed by atoms with van der Waals surface area (Å²) < 4.78 is 6.63. The maximum atomic E-state index is 12.3. The molecule has 0 saturated carbocycles. The lowest BCUT2D eigenvalue weighted by Crippen LogP contribution is -2.14. The second kappa shape index (κ2) is 8.04. The highest BCUT2D eigenvalue weighted by Gasteiger charge is 2.16. The van der Waals surface area contributed by atoms with E-state index in [0.717, 1.165) is 12.1 Å². The molecule has 2 aromatic carbocycles. The third-order valence-corrected chi connectivity index (χ3v) is 3.73. The summed E-state index contributed by atoms with van der Waals surface area (Å²) in [6.45, 7) is -0.180. The van der Waals surface area contributed by atoms with Crippen LogP contribution in [-0.2, 0) is 6.73 Å². The van der Waals surface area contributed by atoms with E-state index >= 15 is 0 Å². The van der Waals surface area contributed by atoms with Gasteiger partial charge in [-0.05, 0) is 18.2 Å². The number of phenols is 1. The number of aromatic nitrogens is 2. The number of anilines is 1. The summed E-state index contributed by atoms with van der Waals surface area (Å²) in [5.74, 6) is -1.08. The molecule has 0 aliphatic rings. The Labute approximate surface area is 162 Å². The number of carbonyl (C=O) groups excluding carboxylic acids is 1. The Kier molecular flexibility index (Phi) is 5.35. The van der Waals surface area contributed by atoms with Gasteiger partial charge in [0.15, 0.2) is 18.2 Å². The fourth-order valence-corrected chi connectivity index (χ4v) is 2.35. The highest BCUT2D eigenvalue weighted by Crippen LogP contribution is 2.28. The number of amides is 1. The van der Waals surface area contributed by atoms with Gasteiger partial charge in [-0.2, -0.15) is 5.10 Å². The molecule has 29 heavy (non-hydrogen) atoms. The van der Waals surface area contributed by atoms with Gasteiger partial charge in [-0.3, -0.25) is 25.0 Å². The van der Waals surface area contributed by atoms with Crippen molar-refractivity contribution in [3.63, 3.8) is 0 Å². The van der Waals surface area contributed by atoms with Crippen molar-refractivity contribution in [2.75, 3.05) is 5.32 Å². The molecule has 0 bridgehead atoms. The standard InChI is InChI=1S/C17H13N5O7/c23-15-9-11(21(25)26)5-6-12(15)18-17(24)13-7-8-20(19-13)10-29-16-4-2-1-3-14(16)22(27)28/h1-9,23H,10H2,(H,18,24). The molecule has 3 rings (SSSR count). The first-order chi connectivity index (χ1) is 13.8. The predicted octanol–water partition coefficient (Wildman–Crippen LogP) is 2.69. The van der Waals surface area contributed by atoms with Gasteiger partial charge in [-0.15, -0.1) is 0 Å². The number of carbonyl (C=O) groups is 1. The zero-order valence-electron chi connectivity index (χ0n) is 14.6. The summed E-state index contributed by atoms with van der Waals surface area (Å²) >= 11 is 0. The molecule has 12 heteroatoms. The molecule has 1 amide bonds. The first-order valence-corrected chi connectivity index (χ1v) is 8.03. The van der Waals surface area contributed by atoms with Crippen LogP contribution in [0, 0.1) is 20.2 Å². The Morgan fingerprint density at radius 2 is 1.90 bits per heavy atom. The number of ether oxygens (including phenoxy) is 1. The monoisotopic (exact) mass is 399 g/mol. The normalized spacial score (nSPS) is 10.3. The molecule has 12 nitrogen and oxygen atoms in total. The summed E-state index contributed by atoms with van der Waals surface area (Å²) in [5, 5.41) is 37.8. The minimum atomic E-state index is -0.677. The number of hydrogen-bond donors (Lipinski definition) is 2. The van der Waals surface area contributed by atoms with Crippen molar-refractivity contribution in [1.29, 1.82) is 0 Å². The zero-order valence-corrected chi connectivity index (χ0v) is 14.6. The fraction of sp³-hybridized carbons (Fsp3) is 0.0588. The van der Waals surface area contributed by atoms with Crippen LogP contribution in [-0.4, -0.2) is 30.6 Å². The van der Waals surface area contributed by atoms with Crippen molar-refractivity contribution in [1.82, 2.24) is 9.78 Å². The number of nitrogens with one attached hydrogen (secondary N) is 1. The molecule has 0 aliphatic heterocycles. The molecular formula is C17H13N5O7. The molecular weight excluding hydrogens is 386 g/mol. The zero-order chi connectivity index (χ0) is 21.0. The minimum absolute atomic E-state index is 0.0195. The van der Waals surface area contributed by atoms with Crippen LogP contribution in [0.1, 0.15) is 10.5 Å². The number of hydrogen-bond acceptors (Lipinski definition) is 8. The molecule has 1 heterocycles. The lowest BCUT2D eigenvalue weighted by atomic mass is 10.2. The molecule has 1 aromatic heterocycles. The van der Waals surface area contributed by atoms with Gasteiger partial charge in [0.1, 0.15) is 5.75 Å². The number of nitro benzene ring substituents is 2. The summed E-state index contributed by atoms with van der Waals surface area (Å²) in [4.78, 5) is 32.7. The van der Waals surface area contributed by atoms with Gasteiger partial charge in [-0.1, -0.05) is 12.1 Å². The molecule has 148 valence electrons. The largest absolute Gasteiger partial charge is 0.506 e. The molecule has 0 atom stereocenters. The average molecular weight is 399 g/mol. The van der Waals surface area contributed by atoms with Gasteiger partial charge in [0.25, 0.3) is 11.6 Å². The third kappa shape index (κ3) is 4.44. The van der Waals surface area contributed by atoms with Crippen LogP contribution in [0.2, 0.25) is 0 Å². The number of rotatable bonds is 7. The van der Waals surface area contributed by atoms with Crippen LogP contribution in [0.5, 0.6) is 11.5 Å². The van der Waals surface area contributed by atoms with E-state index in [-0.39, 0.29) is 35.2 Å². The first-order valence-electron chi connectivity index (χ1n) is 8.03.